The van der Waals surface area contributed by atoms with E-state index >= 15 is 0 Å². The van der Waals surface area contributed by atoms with E-state index in [0.29, 0.717) is 5.69 Å². The first kappa shape index (κ1) is 9.43. The van der Waals surface area contributed by atoms with E-state index in [4.69, 9.17) is 0 Å². The van der Waals surface area contributed by atoms with Gasteiger partial charge in [-0.05, 0) is 35.4 Å². The van der Waals surface area contributed by atoms with Crippen molar-refractivity contribution in [2.75, 3.05) is 0 Å². The molecular weight excluding hydrogens is 196 g/mol. The fourth-order valence-electron chi connectivity index (χ4n) is 1.32. The number of nitrogens with zero attached hydrogens (tertiary/aromatic N) is 2. The summed E-state index contributed by atoms with van der Waals surface area (Å²) in [7, 11) is 1.87. The largest absolute Gasteiger partial charge is 0.382 e. The van der Waals surface area contributed by atoms with Crippen LogP contribution in [0.1, 0.15) is 23.1 Å². The lowest BCUT2D eigenvalue weighted by Crippen LogP contribution is -2.00. The van der Waals surface area contributed by atoms with Gasteiger partial charge in [-0.15, -0.1) is 0 Å². The molecule has 2 heterocycles. The zero-order valence-corrected chi connectivity index (χ0v) is 8.95. The van der Waals surface area contributed by atoms with Crippen molar-refractivity contribution < 1.29 is 5.11 Å². The molecule has 0 aliphatic carbocycles. The van der Waals surface area contributed by atoms with Gasteiger partial charge in [-0.2, -0.15) is 16.4 Å². The highest BCUT2D eigenvalue weighted by molar-refractivity contribution is 7.07. The van der Waals surface area contributed by atoms with E-state index in [1.165, 1.54) is 0 Å². The SMILES string of the molecule is Cc1cc([C@H](O)c2ccsc2)nn1C. The molecule has 2 aromatic rings. The third-order valence-electron chi connectivity index (χ3n) is 2.27. The maximum absolute atomic E-state index is 9.95. The molecular formula is C10H12N2OS. The fourth-order valence-corrected chi connectivity index (χ4v) is 2.00. The predicted molar refractivity (Wildman–Crippen MR) is 56.3 cm³/mol. The first-order valence-corrected chi connectivity index (χ1v) is 5.33. The quantitative estimate of drug-likeness (QED) is 0.818. The molecule has 4 heteroatoms. The van der Waals surface area contributed by atoms with Crippen molar-refractivity contribution in [3.63, 3.8) is 0 Å². The number of aliphatic hydroxyl groups is 1. The Labute approximate surface area is 86.6 Å². The summed E-state index contributed by atoms with van der Waals surface area (Å²) in [5.74, 6) is 0. The molecule has 0 amide bonds. The minimum Gasteiger partial charge on any atom is -0.382 e. The number of hydrogen-bond donors (Lipinski definition) is 1. The molecule has 0 bridgehead atoms. The standard InChI is InChI=1S/C10H12N2OS/c1-7-5-9(11-12(7)2)10(13)8-3-4-14-6-8/h3-6,10,13H,1-2H3/t10-/m1/s1. The normalized spacial score (nSPS) is 13.1. The monoisotopic (exact) mass is 208 g/mol. The summed E-state index contributed by atoms with van der Waals surface area (Å²) in [5.41, 5.74) is 2.67. The number of aliphatic hydroxyl groups excluding tert-OH is 1. The Hall–Kier alpha value is -1.13. The van der Waals surface area contributed by atoms with Crippen molar-refractivity contribution in [2.24, 2.45) is 7.05 Å². The Kier molecular flexibility index (Phi) is 2.39. The van der Waals surface area contributed by atoms with Gasteiger partial charge in [0.1, 0.15) is 6.10 Å². The number of aryl methyl sites for hydroxylation is 2. The molecule has 74 valence electrons. The summed E-state index contributed by atoms with van der Waals surface area (Å²) in [6.07, 6.45) is -0.596. The Balaban J connectivity index is 2.32. The molecule has 14 heavy (non-hydrogen) atoms. The van der Waals surface area contributed by atoms with Crippen LogP contribution in [0, 0.1) is 6.92 Å². The van der Waals surface area contributed by atoms with E-state index in [9.17, 15) is 5.11 Å². The molecule has 0 aliphatic rings. The lowest BCUT2D eigenvalue weighted by atomic mass is 10.1. The molecule has 1 N–H and O–H groups in total. The molecule has 0 aliphatic heterocycles. The van der Waals surface area contributed by atoms with Crippen molar-refractivity contribution in [1.82, 2.24) is 9.78 Å². The molecule has 0 saturated carbocycles. The summed E-state index contributed by atoms with van der Waals surface area (Å²) in [5, 5.41) is 18.1. The van der Waals surface area contributed by atoms with E-state index in [1.54, 1.807) is 16.0 Å². The average molecular weight is 208 g/mol. The van der Waals surface area contributed by atoms with Gasteiger partial charge in [0.2, 0.25) is 0 Å². The van der Waals surface area contributed by atoms with Gasteiger partial charge in [-0.3, -0.25) is 4.68 Å². The molecule has 2 rings (SSSR count). The van der Waals surface area contributed by atoms with Crippen molar-refractivity contribution in [2.45, 2.75) is 13.0 Å². The molecule has 0 unspecified atom stereocenters. The van der Waals surface area contributed by atoms with E-state index in [2.05, 4.69) is 5.10 Å². The Bertz CT molecular complexity index is 400. The van der Waals surface area contributed by atoms with Gasteiger partial charge in [0.05, 0.1) is 5.69 Å². The van der Waals surface area contributed by atoms with Gasteiger partial charge < -0.3 is 5.11 Å². The Morgan fingerprint density at radius 2 is 2.36 bits per heavy atom. The van der Waals surface area contributed by atoms with E-state index in [1.807, 2.05) is 36.9 Å². The summed E-state index contributed by atoms with van der Waals surface area (Å²) in [6.45, 7) is 1.97. The second-order valence-electron chi connectivity index (χ2n) is 3.29. The zero-order valence-electron chi connectivity index (χ0n) is 8.14. The molecule has 0 saturated heterocycles. The van der Waals surface area contributed by atoms with Crippen molar-refractivity contribution >= 4 is 11.3 Å². The molecule has 0 aromatic carbocycles. The van der Waals surface area contributed by atoms with Crippen LogP contribution in [0.5, 0.6) is 0 Å². The van der Waals surface area contributed by atoms with Crippen molar-refractivity contribution in [3.05, 3.63) is 39.8 Å². The van der Waals surface area contributed by atoms with Crippen molar-refractivity contribution in [1.29, 1.82) is 0 Å². The van der Waals surface area contributed by atoms with Gasteiger partial charge in [0.25, 0.3) is 0 Å². The molecule has 0 spiro atoms. The predicted octanol–water partition coefficient (Wildman–Crippen LogP) is 1.87. The zero-order chi connectivity index (χ0) is 10.1. The van der Waals surface area contributed by atoms with Crippen LogP contribution in [0.15, 0.2) is 22.9 Å². The topological polar surface area (TPSA) is 38.1 Å². The summed E-state index contributed by atoms with van der Waals surface area (Å²) in [4.78, 5) is 0. The van der Waals surface area contributed by atoms with Gasteiger partial charge >= 0.3 is 0 Å². The second kappa shape index (κ2) is 3.55. The number of rotatable bonds is 2. The van der Waals surface area contributed by atoms with Crippen LogP contribution in [-0.4, -0.2) is 14.9 Å². The maximum atomic E-state index is 9.95. The molecule has 3 nitrogen and oxygen atoms in total. The van der Waals surface area contributed by atoms with Crippen LogP contribution < -0.4 is 0 Å². The Morgan fingerprint density at radius 3 is 2.86 bits per heavy atom. The maximum Gasteiger partial charge on any atom is 0.124 e. The van der Waals surface area contributed by atoms with Crippen LogP contribution >= 0.6 is 11.3 Å². The molecule has 0 radical (unpaired) electrons. The highest BCUT2D eigenvalue weighted by atomic mass is 32.1. The van der Waals surface area contributed by atoms with E-state index < -0.39 is 6.10 Å². The summed E-state index contributed by atoms with van der Waals surface area (Å²) in [6, 6.07) is 3.82. The van der Waals surface area contributed by atoms with Gasteiger partial charge in [-0.25, -0.2) is 0 Å². The first-order valence-electron chi connectivity index (χ1n) is 4.39. The van der Waals surface area contributed by atoms with Crippen LogP contribution in [0.4, 0.5) is 0 Å². The number of hydrogen-bond acceptors (Lipinski definition) is 3. The van der Waals surface area contributed by atoms with Gasteiger partial charge in [-0.1, -0.05) is 0 Å². The highest BCUT2D eigenvalue weighted by Gasteiger charge is 2.14. The number of aromatic nitrogens is 2. The average Bonchev–Trinajstić information content (AvgIpc) is 2.76. The third-order valence-corrected chi connectivity index (χ3v) is 2.97. The van der Waals surface area contributed by atoms with Gasteiger partial charge in [0, 0.05) is 12.7 Å². The number of thiophene rings is 1. The molecule has 1 atom stereocenters. The van der Waals surface area contributed by atoms with Crippen LogP contribution in [0.2, 0.25) is 0 Å². The highest BCUT2D eigenvalue weighted by Crippen LogP contribution is 2.22. The molecule has 2 aromatic heterocycles. The smallest absolute Gasteiger partial charge is 0.124 e. The Morgan fingerprint density at radius 1 is 1.57 bits per heavy atom. The van der Waals surface area contributed by atoms with E-state index in [-0.39, 0.29) is 0 Å². The fraction of sp³-hybridized carbons (Fsp3) is 0.300. The minimum absolute atomic E-state index is 0.596. The lowest BCUT2D eigenvalue weighted by molar-refractivity contribution is 0.215. The van der Waals surface area contributed by atoms with Crippen LogP contribution in [0.3, 0.4) is 0 Å². The van der Waals surface area contributed by atoms with Gasteiger partial charge in [0.15, 0.2) is 0 Å². The minimum atomic E-state index is -0.596. The first-order chi connectivity index (χ1) is 6.68. The summed E-state index contributed by atoms with van der Waals surface area (Å²) >= 11 is 1.58. The van der Waals surface area contributed by atoms with Crippen molar-refractivity contribution in [3.8, 4) is 0 Å². The third kappa shape index (κ3) is 1.58. The molecule has 0 fully saturated rings. The van der Waals surface area contributed by atoms with Crippen LogP contribution in [-0.2, 0) is 7.05 Å². The van der Waals surface area contributed by atoms with E-state index in [0.717, 1.165) is 11.3 Å². The lowest BCUT2D eigenvalue weighted by Gasteiger charge is -2.03. The second-order valence-corrected chi connectivity index (χ2v) is 4.07. The van der Waals surface area contributed by atoms with Crippen LogP contribution in [0.25, 0.3) is 0 Å². The summed E-state index contributed by atoms with van der Waals surface area (Å²) < 4.78 is 1.77.